The van der Waals surface area contributed by atoms with Crippen LogP contribution in [0.5, 0.6) is 0 Å². The average Bonchev–Trinajstić information content (AvgIpc) is 2.67. The van der Waals surface area contributed by atoms with Crippen LogP contribution in [-0.4, -0.2) is 55.0 Å². The molecule has 2 heterocycles. The van der Waals surface area contributed by atoms with E-state index in [0.29, 0.717) is 13.1 Å². The highest BCUT2D eigenvalue weighted by Crippen LogP contribution is 2.34. The summed E-state index contributed by atoms with van der Waals surface area (Å²) in [6, 6.07) is 5.43. The molecule has 0 N–H and O–H groups in total. The zero-order valence-corrected chi connectivity index (χ0v) is 15.7. The van der Waals surface area contributed by atoms with Gasteiger partial charge in [0.15, 0.2) is 0 Å². The van der Waals surface area contributed by atoms with Crippen molar-refractivity contribution in [3.05, 3.63) is 28.3 Å². The maximum absolute atomic E-state index is 12.1. The number of carbonyl (C=O) groups is 1. The molecule has 0 saturated carbocycles. The van der Waals surface area contributed by atoms with Gasteiger partial charge in [-0.3, -0.25) is 14.9 Å². The number of benzene rings is 1. The third-order valence-electron chi connectivity index (χ3n) is 5.30. The van der Waals surface area contributed by atoms with Crippen LogP contribution in [0.2, 0.25) is 0 Å². The van der Waals surface area contributed by atoms with E-state index in [1.54, 1.807) is 6.07 Å². The molecule has 2 saturated heterocycles. The molecule has 0 bridgehead atoms. The van der Waals surface area contributed by atoms with E-state index in [1.807, 2.05) is 30.9 Å². The van der Waals surface area contributed by atoms with E-state index in [-0.39, 0.29) is 22.4 Å². The Kier molecular flexibility index (Phi) is 5.64. The summed E-state index contributed by atoms with van der Waals surface area (Å²) in [7, 11) is 0. The van der Waals surface area contributed by atoms with E-state index in [2.05, 4.69) is 9.80 Å². The van der Waals surface area contributed by atoms with Crippen molar-refractivity contribution in [2.24, 2.45) is 5.92 Å². The fourth-order valence-electron chi connectivity index (χ4n) is 3.80. The van der Waals surface area contributed by atoms with Crippen LogP contribution < -0.4 is 9.80 Å². The number of hydrogen-bond acceptors (Lipinski definition) is 5. The second-order valence-corrected chi connectivity index (χ2v) is 7.44. The number of rotatable bonds is 4. The molecule has 0 radical (unpaired) electrons. The second-order valence-electron chi connectivity index (χ2n) is 7.44. The van der Waals surface area contributed by atoms with E-state index in [1.165, 1.54) is 6.42 Å². The molecule has 142 valence electrons. The highest BCUT2D eigenvalue weighted by atomic mass is 16.6. The molecule has 7 nitrogen and oxygen atoms in total. The van der Waals surface area contributed by atoms with Crippen molar-refractivity contribution in [1.29, 1.82) is 0 Å². The first kappa shape index (κ1) is 18.5. The number of carbonyl (C=O) groups excluding carboxylic acids is 1. The van der Waals surface area contributed by atoms with Crippen LogP contribution in [0.3, 0.4) is 0 Å². The first-order chi connectivity index (χ1) is 12.5. The first-order valence-electron chi connectivity index (χ1n) is 9.54. The monoisotopic (exact) mass is 360 g/mol. The predicted molar refractivity (Wildman–Crippen MR) is 103 cm³/mol. The smallest absolute Gasteiger partial charge is 0.292 e. The molecule has 0 spiro atoms. The van der Waals surface area contributed by atoms with Gasteiger partial charge in [-0.15, -0.1) is 0 Å². The van der Waals surface area contributed by atoms with E-state index in [0.717, 1.165) is 50.4 Å². The molecule has 0 aliphatic carbocycles. The summed E-state index contributed by atoms with van der Waals surface area (Å²) >= 11 is 0. The van der Waals surface area contributed by atoms with Crippen LogP contribution in [0.1, 0.15) is 33.1 Å². The number of nitrogens with zero attached hydrogens (tertiary/aromatic N) is 4. The molecule has 3 rings (SSSR count). The van der Waals surface area contributed by atoms with Crippen LogP contribution in [0, 0.1) is 16.0 Å². The number of piperazine rings is 1. The maximum atomic E-state index is 12.1. The van der Waals surface area contributed by atoms with E-state index in [9.17, 15) is 14.9 Å². The number of amides is 1. The first-order valence-corrected chi connectivity index (χ1v) is 9.54. The Balaban J connectivity index is 1.76. The lowest BCUT2D eigenvalue weighted by Gasteiger charge is -2.37. The summed E-state index contributed by atoms with van der Waals surface area (Å²) in [5.41, 5.74) is 1.92. The van der Waals surface area contributed by atoms with Gasteiger partial charge in [0.1, 0.15) is 5.69 Å². The molecule has 7 heteroatoms. The van der Waals surface area contributed by atoms with Crippen molar-refractivity contribution in [2.75, 3.05) is 49.1 Å². The summed E-state index contributed by atoms with van der Waals surface area (Å²) < 4.78 is 0. The van der Waals surface area contributed by atoms with Gasteiger partial charge in [0.2, 0.25) is 5.91 Å². The SMILES string of the molecule is CC(C)C(=O)N1CCN(c2ccc([N+](=O)[O-])c(N3CCCCC3)c2)CC1. The summed E-state index contributed by atoms with van der Waals surface area (Å²) in [4.78, 5) is 29.6. The van der Waals surface area contributed by atoms with Gasteiger partial charge in [0, 0.05) is 56.9 Å². The molecule has 1 amide bonds. The van der Waals surface area contributed by atoms with Crippen molar-refractivity contribution in [3.63, 3.8) is 0 Å². The number of nitro benzene ring substituents is 1. The Morgan fingerprint density at radius 1 is 1.00 bits per heavy atom. The van der Waals surface area contributed by atoms with Gasteiger partial charge in [-0.25, -0.2) is 0 Å². The zero-order chi connectivity index (χ0) is 18.7. The molecule has 0 unspecified atom stereocenters. The van der Waals surface area contributed by atoms with E-state index in [4.69, 9.17) is 0 Å². The minimum absolute atomic E-state index is 0.0200. The Morgan fingerprint density at radius 3 is 2.23 bits per heavy atom. The Bertz CT molecular complexity index is 663. The summed E-state index contributed by atoms with van der Waals surface area (Å²) in [5, 5.41) is 11.5. The van der Waals surface area contributed by atoms with Crippen molar-refractivity contribution < 1.29 is 9.72 Å². The van der Waals surface area contributed by atoms with Gasteiger partial charge >= 0.3 is 0 Å². The standard InChI is InChI=1S/C19H28N4O3/c1-15(2)19(24)22-12-10-20(11-13-22)16-6-7-17(23(25)26)18(14-16)21-8-4-3-5-9-21/h6-7,14-15H,3-5,8-13H2,1-2H3. The minimum Gasteiger partial charge on any atom is -0.368 e. The van der Waals surface area contributed by atoms with Crippen LogP contribution in [-0.2, 0) is 4.79 Å². The lowest BCUT2D eigenvalue weighted by molar-refractivity contribution is -0.384. The third-order valence-corrected chi connectivity index (χ3v) is 5.30. The van der Waals surface area contributed by atoms with Gasteiger partial charge in [-0.2, -0.15) is 0 Å². The Hall–Kier alpha value is -2.31. The predicted octanol–water partition coefficient (Wildman–Crippen LogP) is 2.89. The molecular formula is C19H28N4O3. The highest BCUT2D eigenvalue weighted by molar-refractivity contribution is 5.78. The van der Waals surface area contributed by atoms with Crippen molar-refractivity contribution in [3.8, 4) is 0 Å². The molecule has 1 aromatic rings. The quantitative estimate of drug-likeness (QED) is 0.610. The fourth-order valence-corrected chi connectivity index (χ4v) is 3.80. The summed E-state index contributed by atoms with van der Waals surface area (Å²) in [5.74, 6) is 0.217. The number of nitro groups is 1. The zero-order valence-electron chi connectivity index (χ0n) is 15.7. The van der Waals surface area contributed by atoms with Gasteiger partial charge in [0.05, 0.1) is 4.92 Å². The highest BCUT2D eigenvalue weighted by Gasteiger charge is 2.26. The van der Waals surface area contributed by atoms with Gasteiger partial charge in [-0.05, 0) is 31.4 Å². The second kappa shape index (κ2) is 7.93. The summed E-state index contributed by atoms with van der Waals surface area (Å²) in [6.07, 6.45) is 3.35. The van der Waals surface area contributed by atoms with Gasteiger partial charge < -0.3 is 14.7 Å². The number of hydrogen-bond donors (Lipinski definition) is 0. The minimum atomic E-state index is -0.285. The maximum Gasteiger partial charge on any atom is 0.292 e. The number of anilines is 2. The van der Waals surface area contributed by atoms with Crippen LogP contribution in [0.15, 0.2) is 18.2 Å². The lowest BCUT2D eigenvalue weighted by atomic mass is 10.1. The van der Waals surface area contributed by atoms with E-state index < -0.39 is 0 Å². The van der Waals surface area contributed by atoms with Crippen LogP contribution in [0.25, 0.3) is 0 Å². The largest absolute Gasteiger partial charge is 0.368 e. The van der Waals surface area contributed by atoms with E-state index >= 15 is 0 Å². The topological polar surface area (TPSA) is 69.9 Å². The Labute approximate surface area is 154 Å². The van der Waals surface area contributed by atoms with Gasteiger partial charge in [-0.1, -0.05) is 13.8 Å². The summed E-state index contributed by atoms with van der Waals surface area (Å²) in [6.45, 7) is 8.53. The third kappa shape index (κ3) is 3.92. The molecular weight excluding hydrogens is 332 g/mol. The van der Waals surface area contributed by atoms with Crippen molar-refractivity contribution in [2.45, 2.75) is 33.1 Å². The average molecular weight is 360 g/mol. The normalized spacial score (nSPS) is 18.3. The van der Waals surface area contributed by atoms with Crippen LogP contribution in [0.4, 0.5) is 17.1 Å². The molecule has 2 fully saturated rings. The molecule has 0 aromatic heterocycles. The molecule has 26 heavy (non-hydrogen) atoms. The fraction of sp³-hybridized carbons (Fsp3) is 0.632. The number of piperidine rings is 1. The molecule has 0 atom stereocenters. The Morgan fingerprint density at radius 2 is 1.65 bits per heavy atom. The van der Waals surface area contributed by atoms with Crippen molar-refractivity contribution >= 4 is 23.0 Å². The van der Waals surface area contributed by atoms with Crippen LogP contribution >= 0.6 is 0 Å². The molecule has 2 aliphatic heterocycles. The molecule has 1 aromatic carbocycles. The lowest BCUT2D eigenvalue weighted by Crippen LogP contribution is -2.50. The van der Waals surface area contributed by atoms with Crippen molar-refractivity contribution in [1.82, 2.24) is 4.90 Å². The molecule has 2 aliphatic rings. The van der Waals surface area contributed by atoms with Gasteiger partial charge in [0.25, 0.3) is 5.69 Å².